The number of nitrogens with zero attached hydrogens (tertiary/aromatic N) is 1. The average molecular weight is 332 g/mol. The van der Waals surface area contributed by atoms with Gasteiger partial charge in [-0.1, -0.05) is 25.3 Å². The summed E-state index contributed by atoms with van der Waals surface area (Å²) in [5.41, 5.74) is 3.67. The van der Waals surface area contributed by atoms with Gasteiger partial charge >= 0.3 is 0 Å². The maximum atomic E-state index is 14.5. The highest BCUT2D eigenvalue weighted by molar-refractivity contribution is 5.94. The maximum Gasteiger partial charge on any atom is 0.277 e. The fourth-order valence-electron chi connectivity index (χ4n) is 5.09. The van der Waals surface area contributed by atoms with Gasteiger partial charge in [0.2, 0.25) is 0 Å². The van der Waals surface area contributed by atoms with Crippen LogP contribution in [0, 0.1) is 11.2 Å². The molecule has 0 bridgehead atoms. The van der Waals surface area contributed by atoms with Gasteiger partial charge in [-0.15, -0.1) is 0 Å². The van der Waals surface area contributed by atoms with E-state index in [1.807, 2.05) is 6.07 Å². The molecule has 24 heavy (non-hydrogen) atoms. The predicted molar refractivity (Wildman–Crippen MR) is 88.3 cm³/mol. The molecule has 0 unspecified atom stereocenters. The molecular weight excluding hydrogens is 307 g/mol. The van der Waals surface area contributed by atoms with Gasteiger partial charge in [0.1, 0.15) is 5.82 Å². The van der Waals surface area contributed by atoms with Gasteiger partial charge in [-0.2, -0.15) is 0 Å². The molecule has 4 nitrogen and oxygen atoms in total. The van der Waals surface area contributed by atoms with E-state index >= 15 is 0 Å². The second-order valence-electron chi connectivity index (χ2n) is 7.85. The van der Waals surface area contributed by atoms with Crippen LogP contribution in [0.1, 0.15) is 66.4 Å². The molecule has 0 atom stereocenters. The summed E-state index contributed by atoms with van der Waals surface area (Å²) in [6.45, 7) is 1.63. The Balaban J connectivity index is 1.45. The Labute approximate surface area is 142 Å². The van der Waals surface area contributed by atoms with E-state index in [-0.39, 0.29) is 5.56 Å². The number of halogens is 1. The minimum Gasteiger partial charge on any atom is -0.296 e. The number of nitrogens with one attached hydrogen (secondary N) is 1. The first kappa shape index (κ1) is 16.0. The molecule has 0 radical (unpaired) electrons. The Hall–Kier alpha value is -1.46. The van der Waals surface area contributed by atoms with Crippen molar-refractivity contribution in [2.45, 2.75) is 64.0 Å². The predicted octanol–water partition coefficient (Wildman–Crippen LogP) is 3.42. The summed E-state index contributed by atoms with van der Waals surface area (Å²) in [4.78, 5) is 14.0. The molecule has 5 heteroatoms. The van der Waals surface area contributed by atoms with Crippen molar-refractivity contribution >= 4 is 5.91 Å². The van der Waals surface area contributed by atoms with Crippen LogP contribution in [0.4, 0.5) is 4.39 Å². The second kappa shape index (κ2) is 6.12. The van der Waals surface area contributed by atoms with Crippen molar-refractivity contribution in [3.05, 3.63) is 34.6 Å². The van der Waals surface area contributed by atoms with Gasteiger partial charge in [0.05, 0.1) is 5.56 Å². The molecule has 1 aliphatic heterocycles. The minimum atomic E-state index is -0.782. The monoisotopic (exact) mass is 332 g/mol. The van der Waals surface area contributed by atoms with E-state index in [1.165, 1.54) is 56.5 Å². The summed E-state index contributed by atoms with van der Waals surface area (Å²) in [7, 11) is 0. The Morgan fingerprint density at radius 2 is 2.00 bits per heavy atom. The molecule has 1 amide bonds. The van der Waals surface area contributed by atoms with Crippen LogP contribution in [-0.4, -0.2) is 28.6 Å². The van der Waals surface area contributed by atoms with Crippen molar-refractivity contribution in [3.8, 4) is 0 Å². The number of rotatable bonds is 2. The highest BCUT2D eigenvalue weighted by Gasteiger charge is 2.46. The van der Waals surface area contributed by atoms with Crippen LogP contribution in [0.2, 0.25) is 0 Å². The van der Waals surface area contributed by atoms with Crippen LogP contribution in [0.3, 0.4) is 0 Å². The van der Waals surface area contributed by atoms with Gasteiger partial charge in [0, 0.05) is 19.1 Å². The number of hydrogen-bond donors (Lipinski definition) is 2. The zero-order valence-corrected chi connectivity index (χ0v) is 14.0. The maximum absolute atomic E-state index is 14.5. The topological polar surface area (TPSA) is 52.6 Å². The fraction of sp³-hybridized carbons (Fsp3) is 0.632. The fourth-order valence-corrected chi connectivity index (χ4v) is 5.09. The van der Waals surface area contributed by atoms with Crippen molar-refractivity contribution < 1.29 is 14.4 Å². The lowest BCUT2D eigenvalue weighted by Gasteiger charge is -2.54. The van der Waals surface area contributed by atoms with Crippen LogP contribution >= 0.6 is 0 Å². The van der Waals surface area contributed by atoms with Gasteiger partial charge in [0.25, 0.3) is 5.91 Å². The van der Waals surface area contributed by atoms with E-state index in [4.69, 9.17) is 5.21 Å². The molecule has 1 aromatic carbocycles. The molecule has 4 rings (SSSR count). The van der Waals surface area contributed by atoms with E-state index in [0.717, 1.165) is 18.7 Å². The van der Waals surface area contributed by atoms with Crippen LogP contribution in [0.5, 0.6) is 0 Å². The molecule has 1 spiro atoms. The van der Waals surface area contributed by atoms with E-state index in [0.29, 0.717) is 23.4 Å². The lowest BCUT2D eigenvalue weighted by atomic mass is 9.58. The Kier molecular flexibility index (Phi) is 4.09. The molecule has 2 aliphatic carbocycles. The molecule has 130 valence electrons. The van der Waals surface area contributed by atoms with Gasteiger partial charge in [-0.05, 0) is 54.7 Å². The molecule has 1 heterocycles. The van der Waals surface area contributed by atoms with Gasteiger partial charge in [-0.25, -0.2) is 9.87 Å². The number of carbonyl (C=O) groups is 1. The summed E-state index contributed by atoms with van der Waals surface area (Å²) in [6.07, 6.45) is 10.2. The van der Waals surface area contributed by atoms with Crippen LogP contribution in [-0.2, 0) is 13.0 Å². The third kappa shape index (κ3) is 2.64. The van der Waals surface area contributed by atoms with Crippen molar-refractivity contribution in [2.75, 3.05) is 6.54 Å². The summed E-state index contributed by atoms with van der Waals surface area (Å²) < 4.78 is 14.5. The number of hydrogen-bond acceptors (Lipinski definition) is 3. The van der Waals surface area contributed by atoms with Crippen LogP contribution < -0.4 is 5.48 Å². The normalized spacial score (nSPS) is 23.6. The van der Waals surface area contributed by atoms with Gasteiger partial charge < -0.3 is 0 Å². The zero-order valence-electron chi connectivity index (χ0n) is 14.0. The highest BCUT2D eigenvalue weighted by atomic mass is 19.1. The van der Waals surface area contributed by atoms with E-state index in [9.17, 15) is 9.18 Å². The van der Waals surface area contributed by atoms with Gasteiger partial charge in [-0.3, -0.25) is 14.9 Å². The highest BCUT2D eigenvalue weighted by Crippen LogP contribution is 2.53. The van der Waals surface area contributed by atoms with Crippen molar-refractivity contribution in [2.24, 2.45) is 5.41 Å². The zero-order chi connectivity index (χ0) is 16.7. The standard InChI is InChI=1S/C19H25FN2O2/c20-17-15-6-9-22(12-13(15)4-5-16(17)18(23)21-24)14-10-19(11-14)7-2-1-3-8-19/h4-5,14,24H,1-3,6-12H2,(H,21,23). The Morgan fingerprint density at radius 1 is 1.25 bits per heavy atom. The molecule has 3 aliphatic rings. The first-order chi connectivity index (χ1) is 11.6. The molecular formula is C19H25FN2O2. The number of benzene rings is 1. The number of carbonyl (C=O) groups excluding carboxylic acids is 1. The Bertz CT molecular complexity index is 647. The minimum absolute atomic E-state index is 0.0745. The Morgan fingerprint density at radius 3 is 2.71 bits per heavy atom. The van der Waals surface area contributed by atoms with E-state index < -0.39 is 11.7 Å². The lowest BCUT2D eigenvalue weighted by molar-refractivity contribution is -0.0309. The first-order valence-corrected chi connectivity index (χ1v) is 9.11. The summed E-state index contributed by atoms with van der Waals surface area (Å²) in [6, 6.07) is 3.95. The second-order valence-corrected chi connectivity index (χ2v) is 7.85. The van der Waals surface area contributed by atoms with Crippen molar-refractivity contribution in [1.82, 2.24) is 10.4 Å². The lowest BCUT2D eigenvalue weighted by Crippen LogP contribution is -2.52. The largest absolute Gasteiger partial charge is 0.296 e. The summed E-state index contributed by atoms with van der Waals surface area (Å²) >= 11 is 0. The van der Waals surface area contributed by atoms with Gasteiger partial charge in [0.15, 0.2) is 0 Å². The third-order valence-corrected chi connectivity index (χ3v) is 6.48. The molecule has 2 fully saturated rings. The molecule has 0 aromatic heterocycles. The smallest absolute Gasteiger partial charge is 0.277 e. The van der Waals surface area contributed by atoms with Crippen molar-refractivity contribution in [3.63, 3.8) is 0 Å². The molecule has 2 N–H and O–H groups in total. The summed E-state index contributed by atoms with van der Waals surface area (Å²) in [5.74, 6) is -1.26. The molecule has 1 aromatic rings. The number of hydroxylamine groups is 1. The molecule has 0 saturated heterocycles. The van der Waals surface area contributed by atoms with E-state index in [2.05, 4.69) is 4.90 Å². The van der Waals surface area contributed by atoms with Crippen LogP contribution in [0.15, 0.2) is 12.1 Å². The third-order valence-electron chi connectivity index (χ3n) is 6.48. The summed E-state index contributed by atoms with van der Waals surface area (Å²) in [5, 5.41) is 8.72. The van der Waals surface area contributed by atoms with E-state index in [1.54, 1.807) is 0 Å². The molecule has 2 saturated carbocycles. The average Bonchev–Trinajstić information content (AvgIpc) is 2.59. The van der Waals surface area contributed by atoms with Crippen molar-refractivity contribution in [1.29, 1.82) is 0 Å². The number of fused-ring (bicyclic) bond motifs is 1. The number of amides is 1. The van der Waals surface area contributed by atoms with Crippen LogP contribution in [0.25, 0.3) is 0 Å². The SMILES string of the molecule is O=C(NO)c1ccc2c(c1F)CCN(C1CC3(CCCCC3)C1)C2. The first-order valence-electron chi connectivity index (χ1n) is 9.11. The quantitative estimate of drug-likeness (QED) is 0.644.